The van der Waals surface area contributed by atoms with Gasteiger partial charge in [-0.3, -0.25) is 0 Å². The van der Waals surface area contributed by atoms with Crippen LogP contribution in [-0.4, -0.2) is 26.8 Å². The van der Waals surface area contributed by atoms with Crippen LogP contribution in [0, 0.1) is 6.04 Å². The van der Waals surface area contributed by atoms with Crippen LogP contribution in [0.25, 0.3) is 0 Å². The highest BCUT2D eigenvalue weighted by Crippen LogP contribution is 2.18. The van der Waals surface area contributed by atoms with Crippen LogP contribution in [0.1, 0.15) is 26.7 Å². The van der Waals surface area contributed by atoms with Gasteiger partial charge in [-0.25, -0.2) is 0 Å². The molecule has 0 saturated carbocycles. The second-order valence-electron chi connectivity index (χ2n) is 3.03. The maximum Gasteiger partial charge on any atom is 0.0885 e. The summed E-state index contributed by atoms with van der Waals surface area (Å²) in [5.74, 6) is 0. The molecule has 0 unspecified atom stereocenters. The molecule has 0 spiro atoms. The lowest BCUT2D eigenvalue weighted by atomic mass is 9.96. The Morgan fingerprint density at radius 2 is 1.67 bits per heavy atom. The number of rotatable bonds is 6. The topological polar surface area (TPSA) is 36.1 Å². The van der Waals surface area contributed by atoms with Crippen molar-refractivity contribution in [3.63, 3.8) is 0 Å². The molecule has 3 N–H and O–H groups in total. The molecule has 0 aromatic carbocycles. The molecule has 0 aromatic heterocycles. The molecule has 12 heavy (non-hydrogen) atoms. The minimum absolute atomic E-state index is 0.0521. The third-order valence-electron chi connectivity index (χ3n) is 2.49. The van der Waals surface area contributed by atoms with Crippen LogP contribution in [0.15, 0.2) is 0 Å². The lowest BCUT2D eigenvalue weighted by molar-refractivity contribution is 0.269. The highest BCUT2D eigenvalue weighted by Gasteiger charge is 2.31. The maximum atomic E-state index is 3.31. The van der Waals surface area contributed by atoms with E-state index in [2.05, 4.69) is 29.8 Å². The zero-order valence-corrected chi connectivity index (χ0v) is 8.91. The number of likely N-dealkylation sites (N-methyl/N-ethyl adjacent to an activating group) is 3. The summed E-state index contributed by atoms with van der Waals surface area (Å²) in [6.45, 7) is 4.29. The van der Waals surface area contributed by atoms with Crippen LogP contribution in [0.5, 0.6) is 0 Å². The minimum atomic E-state index is -0.0521. The van der Waals surface area contributed by atoms with Crippen molar-refractivity contribution in [3.8, 4) is 0 Å². The molecule has 73 valence electrons. The van der Waals surface area contributed by atoms with Gasteiger partial charge in [-0.1, -0.05) is 13.3 Å². The van der Waals surface area contributed by atoms with E-state index in [0.717, 1.165) is 12.8 Å². The Morgan fingerprint density at radius 1 is 1.17 bits per heavy atom. The second-order valence-corrected chi connectivity index (χ2v) is 3.03. The molecule has 0 aliphatic carbocycles. The van der Waals surface area contributed by atoms with Crippen molar-refractivity contribution >= 4 is 0 Å². The average molecular weight is 172 g/mol. The lowest BCUT2D eigenvalue weighted by Crippen LogP contribution is -2.60. The molecule has 0 bridgehead atoms. The van der Waals surface area contributed by atoms with E-state index in [4.69, 9.17) is 0 Å². The largest absolute Gasteiger partial charge is 0.310 e. The Kier molecular flexibility index (Phi) is 5.46. The van der Waals surface area contributed by atoms with Crippen molar-refractivity contribution in [3.05, 3.63) is 6.04 Å². The molecule has 0 fully saturated rings. The fourth-order valence-electron chi connectivity index (χ4n) is 1.53. The summed E-state index contributed by atoms with van der Waals surface area (Å²) in [5, 5.41) is 9.80. The van der Waals surface area contributed by atoms with Crippen molar-refractivity contribution in [2.45, 2.75) is 32.4 Å². The van der Waals surface area contributed by atoms with Gasteiger partial charge in [0, 0.05) is 0 Å². The number of hydrogen-bond donors (Lipinski definition) is 3. The zero-order valence-electron chi connectivity index (χ0n) is 8.91. The summed E-state index contributed by atoms with van der Waals surface area (Å²) in [7, 11) is 5.91. The van der Waals surface area contributed by atoms with Gasteiger partial charge in [0.1, 0.15) is 0 Å². The van der Waals surface area contributed by atoms with Crippen molar-refractivity contribution in [1.29, 1.82) is 0 Å². The molecule has 0 aliphatic rings. The smallest absolute Gasteiger partial charge is 0.0885 e. The highest BCUT2D eigenvalue weighted by atomic mass is 15.2. The summed E-state index contributed by atoms with van der Waals surface area (Å²) in [5.41, 5.74) is -0.0521. The predicted octanol–water partition coefficient (Wildman–Crippen LogP) is 0.693. The van der Waals surface area contributed by atoms with E-state index in [9.17, 15) is 0 Å². The van der Waals surface area contributed by atoms with Gasteiger partial charge in [0.15, 0.2) is 0 Å². The molecule has 0 aromatic rings. The number of nitrogens with one attached hydrogen (secondary N) is 3. The van der Waals surface area contributed by atoms with Crippen molar-refractivity contribution in [2.75, 3.05) is 21.1 Å². The molecule has 0 atom stereocenters. The third-order valence-corrected chi connectivity index (χ3v) is 2.49. The molecule has 3 nitrogen and oxygen atoms in total. The van der Waals surface area contributed by atoms with E-state index in [-0.39, 0.29) is 5.66 Å². The zero-order chi connectivity index (χ0) is 9.61. The monoisotopic (exact) mass is 172 g/mol. The van der Waals surface area contributed by atoms with Gasteiger partial charge in [0.05, 0.1) is 11.7 Å². The standard InChI is InChI=1S/C9H22N3/c1-6-7-9(11-4,12-5)8(2)10-3/h10-12H,6-7H2,1-5H3. The first-order chi connectivity index (χ1) is 5.66. The molecule has 0 heterocycles. The van der Waals surface area contributed by atoms with E-state index < -0.39 is 0 Å². The summed E-state index contributed by atoms with van der Waals surface area (Å²) in [6, 6.07) is 1.23. The van der Waals surface area contributed by atoms with Gasteiger partial charge in [-0.05, 0) is 34.5 Å². The Bertz CT molecular complexity index is 110. The molecule has 0 amide bonds. The van der Waals surface area contributed by atoms with Crippen LogP contribution in [0.4, 0.5) is 0 Å². The fourth-order valence-corrected chi connectivity index (χ4v) is 1.53. The first-order valence-electron chi connectivity index (χ1n) is 4.56. The van der Waals surface area contributed by atoms with Gasteiger partial charge in [0.25, 0.3) is 0 Å². The van der Waals surface area contributed by atoms with E-state index in [1.54, 1.807) is 0 Å². The highest BCUT2D eigenvalue weighted by molar-refractivity contribution is 5.05. The van der Waals surface area contributed by atoms with Crippen molar-refractivity contribution in [2.24, 2.45) is 0 Å². The lowest BCUT2D eigenvalue weighted by Gasteiger charge is -2.38. The Morgan fingerprint density at radius 3 is 1.92 bits per heavy atom. The normalized spacial score (nSPS) is 12.5. The summed E-state index contributed by atoms with van der Waals surface area (Å²) >= 11 is 0. The maximum absolute atomic E-state index is 3.31. The van der Waals surface area contributed by atoms with Crippen LogP contribution in [0.2, 0.25) is 0 Å². The fraction of sp³-hybridized carbons (Fsp3) is 0.889. The molecular weight excluding hydrogens is 150 g/mol. The second kappa shape index (κ2) is 5.51. The van der Waals surface area contributed by atoms with Crippen LogP contribution in [-0.2, 0) is 0 Å². The Hall–Kier alpha value is -0.120. The first kappa shape index (κ1) is 11.9. The van der Waals surface area contributed by atoms with Crippen LogP contribution in [0.3, 0.4) is 0 Å². The van der Waals surface area contributed by atoms with Gasteiger partial charge < -0.3 is 16.0 Å². The quantitative estimate of drug-likeness (QED) is 0.516. The molecule has 0 aliphatic heterocycles. The van der Waals surface area contributed by atoms with Gasteiger partial charge in [-0.2, -0.15) is 0 Å². The van der Waals surface area contributed by atoms with Crippen molar-refractivity contribution < 1.29 is 0 Å². The Balaban J connectivity index is 4.33. The SMILES string of the molecule is CCCC(NC)(NC)[C](C)NC. The van der Waals surface area contributed by atoms with Crippen molar-refractivity contribution in [1.82, 2.24) is 16.0 Å². The van der Waals surface area contributed by atoms with E-state index >= 15 is 0 Å². The van der Waals surface area contributed by atoms with Crippen LogP contribution < -0.4 is 16.0 Å². The molecule has 1 radical (unpaired) electrons. The van der Waals surface area contributed by atoms with E-state index in [1.165, 1.54) is 6.04 Å². The van der Waals surface area contributed by atoms with Gasteiger partial charge in [0.2, 0.25) is 0 Å². The molecule has 3 heteroatoms. The number of hydrogen-bond acceptors (Lipinski definition) is 3. The third kappa shape index (κ3) is 2.44. The molecular formula is C9H22N3. The Labute approximate surface area is 76.3 Å². The van der Waals surface area contributed by atoms with E-state index in [1.807, 2.05) is 21.1 Å². The molecule has 0 saturated heterocycles. The summed E-state index contributed by atoms with van der Waals surface area (Å²) in [4.78, 5) is 0. The minimum Gasteiger partial charge on any atom is -0.310 e. The van der Waals surface area contributed by atoms with Gasteiger partial charge >= 0.3 is 0 Å². The first-order valence-corrected chi connectivity index (χ1v) is 4.56. The van der Waals surface area contributed by atoms with Crippen LogP contribution >= 0.6 is 0 Å². The average Bonchev–Trinajstić information content (AvgIpc) is 2.13. The predicted molar refractivity (Wildman–Crippen MR) is 53.7 cm³/mol. The van der Waals surface area contributed by atoms with E-state index in [0.29, 0.717) is 0 Å². The van der Waals surface area contributed by atoms with Gasteiger partial charge in [-0.15, -0.1) is 0 Å². The summed E-state index contributed by atoms with van der Waals surface area (Å²) < 4.78 is 0. The summed E-state index contributed by atoms with van der Waals surface area (Å²) in [6.07, 6.45) is 2.24. The molecule has 0 rings (SSSR count).